The standard InChI is InChI=1S/C13H27N3O/c1-4-16-9-6-12(7-10-16)14-8-5-13(17)15-11(2)3/h11-12,14H,4-10H2,1-3H3,(H,15,17). The van der Waals surface area contributed by atoms with Crippen LogP contribution < -0.4 is 10.6 Å². The van der Waals surface area contributed by atoms with E-state index in [1.54, 1.807) is 0 Å². The first-order chi connectivity index (χ1) is 8.11. The number of likely N-dealkylation sites (tertiary alicyclic amines) is 1. The number of hydrogen-bond acceptors (Lipinski definition) is 3. The van der Waals surface area contributed by atoms with Gasteiger partial charge in [-0.2, -0.15) is 0 Å². The smallest absolute Gasteiger partial charge is 0.221 e. The summed E-state index contributed by atoms with van der Waals surface area (Å²) in [6.07, 6.45) is 3.01. The third kappa shape index (κ3) is 6.03. The van der Waals surface area contributed by atoms with Crippen LogP contribution in [0.3, 0.4) is 0 Å². The Hall–Kier alpha value is -0.610. The Balaban J connectivity index is 2.05. The van der Waals surface area contributed by atoms with Crippen LogP contribution >= 0.6 is 0 Å². The SMILES string of the molecule is CCN1CCC(NCCC(=O)NC(C)C)CC1. The average molecular weight is 241 g/mol. The number of carbonyl (C=O) groups is 1. The van der Waals surface area contributed by atoms with Crippen LogP contribution in [-0.2, 0) is 4.79 Å². The van der Waals surface area contributed by atoms with Crippen LogP contribution in [0.1, 0.15) is 40.0 Å². The van der Waals surface area contributed by atoms with Crippen molar-refractivity contribution in [1.82, 2.24) is 15.5 Å². The third-order valence-corrected chi connectivity index (χ3v) is 3.27. The molecule has 1 heterocycles. The number of nitrogens with one attached hydrogen (secondary N) is 2. The summed E-state index contributed by atoms with van der Waals surface area (Å²) in [5.41, 5.74) is 0. The van der Waals surface area contributed by atoms with Crippen LogP contribution in [0.4, 0.5) is 0 Å². The van der Waals surface area contributed by atoms with Crippen molar-refractivity contribution in [2.45, 2.75) is 52.1 Å². The van der Waals surface area contributed by atoms with Crippen molar-refractivity contribution in [2.75, 3.05) is 26.2 Å². The van der Waals surface area contributed by atoms with Crippen LogP contribution in [0.25, 0.3) is 0 Å². The summed E-state index contributed by atoms with van der Waals surface area (Å²) in [7, 11) is 0. The maximum absolute atomic E-state index is 11.4. The van der Waals surface area contributed by atoms with Crippen molar-refractivity contribution < 1.29 is 4.79 Å². The molecule has 0 aromatic heterocycles. The minimum atomic E-state index is 0.151. The zero-order valence-electron chi connectivity index (χ0n) is 11.5. The Bertz CT molecular complexity index is 223. The maximum atomic E-state index is 11.4. The zero-order chi connectivity index (χ0) is 12.7. The summed E-state index contributed by atoms with van der Waals surface area (Å²) in [6.45, 7) is 10.5. The van der Waals surface area contributed by atoms with Gasteiger partial charge < -0.3 is 15.5 Å². The summed E-state index contributed by atoms with van der Waals surface area (Å²) in [4.78, 5) is 13.9. The van der Waals surface area contributed by atoms with Gasteiger partial charge in [0, 0.05) is 25.0 Å². The van der Waals surface area contributed by atoms with Gasteiger partial charge in [-0.3, -0.25) is 4.79 Å². The fourth-order valence-corrected chi connectivity index (χ4v) is 2.24. The van der Waals surface area contributed by atoms with E-state index >= 15 is 0 Å². The lowest BCUT2D eigenvalue weighted by atomic mass is 10.1. The second-order valence-electron chi connectivity index (χ2n) is 5.13. The van der Waals surface area contributed by atoms with Crippen LogP contribution in [0.2, 0.25) is 0 Å². The molecule has 1 amide bonds. The van der Waals surface area contributed by atoms with Crippen molar-refractivity contribution >= 4 is 5.91 Å². The molecular weight excluding hydrogens is 214 g/mol. The van der Waals surface area contributed by atoms with E-state index in [-0.39, 0.29) is 11.9 Å². The second-order valence-corrected chi connectivity index (χ2v) is 5.13. The number of rotatable bonds is 6. The van der Waals surface area contributed by atoms with Gasteiger partial charge in [0.25, 0.3) is 0 Å². The Labute approximate surface area is 105 Å². The molecule has 100 valence electrons. The highest BCUT2D eigenvalue weighted by Gasteiger charge is 2.17. The minimum Gasteiger partial charge on any atom is -0.354 e. The van der Waals surface area contributed by atoms with E-state index in [0.29, 0.717) is 12.5 Å². The molecule has 4 nitrogen and oxygen atoms in total. The molecule has 0 radical (unpaired) electrons. The Kier molecular flexibility index (Phi) is 6.52. The van der Waals surface area contributed by atoms with Crippen LogP contribution in [0.15, 0.2) is 0 Å². The lowest BCUT2D eigenvalue weighted by Crippen LogP contribution is -2.43. The average Bonchev–Trinajstić information content (AvgIpc) is 2.29. The molecule has 0 unspecified atom stereocenters. The van der Waals surface area contributed by atoms with Gasteiger partial charge in [0.05, 0.1) is 0 Å². The molecule has 1 saturated heterocycles. The Morgan fingerprint density at radius 1 is 1.35 bits per heavy atom. The van der Waals surface area contributed by atoms with E-state index in [1.165, 1.54) is 25.9 Å². The number of carbonyl (C=O) groups excluding carboxylic acids is 1. The molecule has 0 aliphatic carbocycles. The number of piperidine rings is 1. The summed E-state index contributed by atoms with van der Waals surface area (Å²) in [6, 6.07) is 0.847. The van der Waals surface area contributed by atoms with Crippen molar-refractivity contribution in [2.24, 2.45) is 0 Å². The largest absolute Gasteiger partial charge is 0.354 e. The quantitative estimate of drug-likeness (QED) is 0.728. The summed E-state index contributed by atoms with van der Waals surface area (Å²) in [5, 5.41) is 6.39. The monoisotopic (exact) mass is 241 g/mol. The van der Waals surface area contributed by atoms with Gasteiger partial charge in [-0.15, -0.1) is 0 Å². The van der Waals surface area contributed by atoms with Gasteiger partial charge >= 0.3 is 0 Å². The molecule has 0 atom stereocenters. The summed E-state index contributed by atoms with van der Waals surface area (Å²) in [5.74, 6) is 0.151. The van der Waals surface area contributed by atoms with E-state index in [0.717, 1.165) is 13.1 Å². The van der Waals surface area contributed by atoms with Gasteiger partial charge in [-0.1, -0.05) is 6.92 Å². The lowest BCUT2D eigenvalue weighted by Gasteiger charge is -2.31. The van der Waals surface area contributed by atoms with Crippen molar-refractivity contribution in [3.63, 3.8) is 0 Å². The zero-order valence-corrected chi connectivity index (χ0v) is 11.5. The predicted octanol–water partition coefficient (Wildman–Crippen LogP) is 0.975. The Morgan fingerprint density at radius 2 is 2.00 bits per heavy atom. The second kappa shape index (κ2) is 7.67. The first kappa shape index (κ1) is 14.5. The molecule has 17 heavy (non-hydrogen) atoms. The van der Waals surface area contributed by atoms with Crippen molar-refractivity contribution in [1.29, 1.82) is 0 Å². The Morgan fingerprint density at radius 3 is 2.53 bits per heavy atom. The van der Waals surface area contributed by atoms with Gasteiger partial charge in [-0.05, 0) is 46.3 Å². The maximum Gasteiger partial charge on any atom is 0.221 e. The van der Waals surface area contributed by atoms with E-state index in [4.69, 9.17) is 0 Å². The van der Waals surface area contributed by atoms with Gasteiger partial charge in [0.1, 0.15) is 0 Å². The molecule has 2 N–H and O–H groups in total. The van der Waals surface area contributed by atoms with Crippen LogP contribution in [-0.4, -0.2) is 49.1 Å². The molecule has 1 rings (SSSR count). The van der Waals surface area contributed by atoms with E-state index in [2.05, 4.69) is 22.5 Å². The van der Waals surface area contributed by atoms with Crippen molar-refractivity contribution in [3.05, 3.63) is 0 Å². The fraction of sp³-hybridized carbons (Fsp3) is 0.923. The van der Waals surface area contributed by atoms with E-state index in [9.17, 15) is 4.79 Å². The van der Waals surface area contributed by atoms with Gasteiger partial charge in [-0.25, -0.2) is 0 Å². The topological polar surface area (TPSA) is 44.4 Å². The fourth-order valence-electron chi connectivity index (χ4n) is 2.24. The lowest BCUT2D eigenvalue weighted by molar-refractivity contribution is -0.121. The molecule has 0 bridgehead atoms. The van der Waals surface area contributed by atoms with E-state index < -0.39 is 0 Å². The molecule has 0 aromatic rings. The molecule has 0 aromatic carbocycles. The molecule has 0 saturated carbocycles. The molecule has 1 fully saturated rings. The van der Waals surface area contributed by atoms with Crippen LogP contribution in [0.5, 0.6) is 0 Å². The molecule has 1 aliphatic rings. The van der Waals surface area contributed by atoms with Crippen LogP contribution in [0, 0.1) is 0 Å². The first-order valence-electron chi connectivity index (χ1n) is 6.87. The van der Waals surface area contributed by atoms with Gasteiger partial charge in [0.15, 0.2) is 0 Å². The first-order valence-corrected chi connectivity index (χ1v) is 6.87. The highest BCUT2D eigenvalue weighted by molar-refractivity contribution is 5.76. The number of nitrogens with zero attached hydrogens (tertiary/aromatic N) is 1. The third-order valence-electron chi connectivity index (χ3n) is 3.27. The molecule has 1 aliphatic heterocycles. The summed E-state index contributed by atoms with van der Waals surface area (Å²) < 4.78 is 0. The minimum absolute atomic E-state index is 0.151. The van der Waals surface area contributed by atoms with E-state index in [1.807, 2.05) is 13.8 Å². The highest BCUT2D eigenvalue weighted by atomic mass is 16.1. The van der Waals surface area contributed by atoms with Gasteiger partial charge in [0.2, 0.25) is 5.91 Å². The summed E-state index contributed by atoms with van der Waals surface area (Å²) >= 11 is 0. The normalized spacial score (nSPS) is 18.6. The molecule has 0 spiro atoms. The van der Waals surface area contributed by atoms with Crippen molar-refractivity contribution in [3.8, 4) is 0 Å². The molecule has 4 heteroatoms. The molecular formula is C13H27N3O. The predicted molar refractivity (Wildman–Crippen MR) is 71.0 cm³/mol. The highest BCUT2D eigenvalue weighted by Crippen LogP contribution is 2.09. The number of amides is 1. The number of hydrogen-bond donors (Lipinski definition) is 2.